The van der Waals surface area contributed by atoms with Gasteiger partial charge >= 0.3 is 30.0 Å². The number of nitrogens with one attached hydrogen (secondary N) is 2. The Bertz CT molecular complexity index is 3880. The van der Waals surface area contributed by atoms with E-state index >= 15 is 9.59 Å². The van der Waals surface area contributed by atoms with E-state index in [-0.39, 0.29) is 83.0 Å². The number of benzene rings is 3. The number of nitrogens with zero attached hydrogens (tertiary/aromatic N) is 6. The SMILES string of the molecule is CCNC(=O)c1nnc(-c2cc(C(C)C)c(O)cc2O)n1-c1ccc(N2CCN(C(=O)CCC(=O)O[C@@H](C(=O)O[C@H]3C[C@@]4(O)[C@@H](OC(=O)c5ccccc5)[C@@H]5[C@]6(OC(C)=O)CO[C@@H]6C[C@H](O)[C@@]5(C)C(=O)[C@H](O)C(=C3C)C4(C)C)[C@@H](NC(=O)OC(C)(C)C)c3ccccc3)CC2)nc1. The van der Waals surface area contributed by atoms with Gasteiger partial charge in [0.25, 0.3) is 5.91 Å². The van der Waals surface area contributed by atoms with Crippen LogP contribution in [0.1, 0.15) is 146 Å². The average molecular weight is 1340 g/mol. The molecule has 5 aromatic rings. The molecule has 27 nitrogen and oxygen atoms in total. The van der Waals surface area contributed by atoms with Crippen molar-refractivity contribution >= 4 is 53.4 Å². The van der Waals surface area contributed by atoms with Crippen molar-refractivity contribution in [2.75, 3.05) is 44.2 Å². The van der Waals surface area contributed by atoms with Gasteiger partial charge in [-0.25, -0.2) is 19.4 Å². The molecule has 4 heterocycles. The van der Waals surface area contributed by atoms with Crippen LogP contribution < -0.4 is 15.5 Å². The summed E-state index contributed by atoms with van der Waals surface area (Å²) in [5, 5.41) is 74.2. The number of ether oxygens (including phenoxy) is 6. The highest BCUT2D eigenvalue weighted by molar-refractivity contribution is 5.95. The number of aromatic hydroxyl groups is 2. The maximum atomic E-state index is 15.5. The summed E-state index contributed by atoms with van der Waals surface area (Å²) in [6, 6.07) is 20.4. The predicted octanol–water partition coefficient (Wildman–Crippen LogP) is 5.87. The van der Waals surface area contributed by atoms with Crippen LogP contribution in [0, 0.1) is 16.7 Å². The van der Waals surface area contributed by atoms with Gasteiger partial charge < -0.3 is 74.4 Å². The number of alkyl carbamates (subject to hydrolysis) is 1. The molecule has 27 heteroatoms. The van der Waals surface area contributed by atoms with E-state index in [0.717, 1.165) is 6.92 Å². The van der Waals surface area contributed by atoms with Gasteiger partial charge in [-0.05, 0) is 100 Å². The van der Waals surface area contributed by atoms with Gasteiger partial charge in [-0.15, -0.1) is 10.2 Å². The van der Waals surface area contributed by atoms with E-state index in [2.05, 4.69) is 20.8 Å². The number of piperazine rings is 1. The summed E-state index contributed by atoms with van der Waals surface area (Å²) in [5.74, 6) is -7.73. The number of Topliss-reactive ketones (excluding diaryl/α,β-unsaturated/α-hetero) is 1. The van der Waals surface area contributed by atoms with E-state index in [9.17, 15) is 54.3 Å². The molecule has 3 aromatic carbocycles. The molecule has 0 unspecified atom stereocenters. The lowest BCUT2D eigenvalue weighted by atomic mass is 9.44. The summed E-state index contributed by atoms with van der Waals surface area (Å²) < 4.78 is 38.0. The Morgan fingerprint density at radius 1 is 0.856 bits per heavy atom. The van der Waals surface area contributed by atoms with Crippen LogP contribution in [0.5, 0.6) is 11.5 Å². The predicted molar refractivity (Wildman–Crippen MR) is 346 cm³/mol. The minimum atomic E-state index is -2.51. The lowest BCUT2D eigenvalue weighted by Gasteiger charge is -2.67. The smallest absolute Gasteiger partial charge is 0.408 e. The minimum Gasteiger partial charge on any atom is -0.508 e. The van der Waals surface area contributed by atoms with E-state index < -0.39 is 143 Å². The number of fused-ring (bicyclic) bond motifs is 5. The molecule has 2 aromatic heterocycles. The van der Waals surface area contributed by atoms with Crippen molar-refractivity contribution in [1.82, 2.24) is 35.3 Å². The fraction of sp³-hybridized carbons (Fsp3) is 0.500. The lowest BCUT2D eigenvalue weighted by molar-refractivity contribution is -0.346. The first-order valence-corrected chi connectivity index (χ1v) is 32.4. The van der Waals surface area contributed by atoms with E-state index in [0.29, 0.717) is 36.7 Å². The average Bonchev–Trinajstić information content (AvgIpc) is 0.867. The zero-order chi connectivity index (χ0) is 70.4. The standard InChI is InChI=1S/C70H84N8O19/c1-12-71-62(87)61-75-74-60(44-31-43(37(2)3)45(80)32-46(44)81)78(61)42-23-24-50(72-35-42)76-27-29-77(30-28-76)51(83)25-26-52(84)94-56(54(40-19-15-13-16-20-40)73-65(90)97-66(6,7)8)64(89)93-47-34-70(91)59(95-63(88)41-21-17-14-18-22-41)57-68(11,58(86)55(85)53(38(47)4)67(70,9)10)48(82)33-49-69(57,36-92-49)96-39(5)79/h13-24,31-32,35,37,47-49,54-57,59,80-82,85,91H,12,25-30,33-34,36H2,1-11H3,(H,71,87)(H,73,90)/t47-,48-,49+,54-,55+,56+,57-,59-,68+,69-,70+/m0/s1. The number of amides is 3. The normalized spacial score (nSPS) is 25.7. The third-order valence-corrected chi connectivity index (χ3v) is 19.5. The first-order valence-electron chi connectivity index (χ1n) is 32.4. The molecular weight excluding hydrogens is 1260 g/mol. The number of rotatable bonds is 18. The number of carbonyl (C=O) groups is 8. The van der Waals surface area contributed by atoms with Crippen molar-refractivity contribution in [2.24, 2.45) is 16.7 Å². The van der Waals surface area contributed by atoms with Gasteiger partial charge in [0.2, 0.25) is 17.8 Å². The van der Waals surface area contributed by atoms with Crippen LogP contribution in [0.2, 0.25) is 0 Å². The zero-order valence-corrected chi connectivity index (χ0v) is 56.1. The summed E-state index contributed by atoms with van der Waals surface area (Å²) in [4.78, 5) is 122. The molecule has 2 saturated heterocycles. The number of anilines is 1. The van der Waals surface area contributed by atoms with Crippen LogP contribution in [0.3, 0.4) is 0 Å². The number of ketones is 1. The van der Waals surface area contributed by atoms with Crippen LogP contribution in [-0.4, -0.2) is 191 Å². The molecule has 3 aliphatic carbocycles. The number of phenolic OH excluding ortho intramolecular Hbond substituents is 2. The molecule has 2 saturated carbocycles. The van der Waals surface area contributed by atoms with Gasteiger partial charge in [-0.2, -0.15) is 0 Å². The Kier molecular flexibility index (Phi) is 19.8. The number of esters is 4. The van der Waals surface area contributed by atoms with Crippen molar-refractivity contribution in [1.29, 1.82) is 0 Å². The fourth-order valence-corrected chi connectivity index (χ4v) is 14.4. The van der Waals surface area contributed by atoms with Crippen LogP contribution in [-0.2, 0) is 52.4 Å². The topological polar surface area (TPSA) is 367 Å². The number of hydrogen-bond donors (Lipinski definition) is 7. The van der Waals surface area contributed by atoms with E-state index in [4.69, 9.17) is 33.4 Å². The highest BCUT2D eigenvalue weighted by atomic mass is 16.6. The Balaban J connectivity index is 0.913. The van der Waals surface area contributed by atoms with Crippen molar-refractivity contribution in [2.45, 2.75) is 167 Å². The molecule has 5 aliphatic rings. The molecule has 518 valence electrons. The molecular formula is C70H84N8O19. The van der Waals surface area contributed by atoms with E-state index in [1.54, 1.807) is 99.3 Å². The van der Waals surface area contributed by atoms with Crippen LogP contribution in [0.15, 0.2) is 102 Å². The highest BCUT2D eigenvalue weighted by Gasteiger charge is 2.78. The number of carbonyl (C=O) groups excluding carboxylic acids is 8. The molecule has 10 rings (SSSR count). The summed E-state index contributed by atoms with van der Waals surface area (Å²) in [7, 11) is 0. The number of aliphatic hydroxyl groups excluding tert-OH is 2. The third kappa shape index (κ3) is 13.4. The first-order chi connectivity index (χ1) is 45.8. The van der Waals surface area contributed by atoms with Gasteiger partial charge in [-0.1, -0.05) is 76.2 Å². The Hall–Kier alpha value is -9.31. The maximum Gasteiger partial charge on any atom is 0.408 e. The van der Waals surface area contributed by atoms with E-state index in [1.165, 1.54) is 56.7 Å². The van der Waals surface area contributed by atoms with E-state index in [1.807, 2.05) is 18.7 Å². The van der Waals surface area contributed by atoms with Crippen molar-refractivity contribution in [3.8, 4) is 28.6 Å². The summed E-state index contributed by atoms with van der Waals surface area (Å²) in [6.07, 6.45) is -11.9. The Morgan fingerprint density at radius 3 is 2.12 bits per heavy atom. The zero-order valence-electron chi connectivity index (χ0n) is 56.1. The second kappa shape index (κ2) is 27.3. The second-order valence-corrected chi connectivity index (χ2v) is 27.4. The highest BCUT2D eigenvalue weighted by Crippen LogP contribution is 2.64. The fourth-order valence-electron chi connectivity index (χ4n) is 14.4. The first kappa shape index (κ1) is 70.5. The number of hydrogen-bond acceptors (Lipinski definition) is 23. The molecule has 7 N–H and O–H groups in total. The summed E-state index contributed by atoms with van der Waals surface area (Å²) in [5.41, 5.74) is -8.02. The number of pyridine rings is 1. The number of aliphatic hydroxyl groups is 3. The molecule has 3 amide bonds. The van der Waals surface area contributed by atoms with Gasteiger partial charge in [0.05, 0.1) is 53.5 Å². The monoisotopic (exact) mass is 1340 g/mol. The number of phenols is 2. The lowest BCUT2D eigenvalue weighted by Crippen LogP contribution is -2.81. The van der Waals surface area contributed by atoms with Gasteiger partial charge in [-0.3, -0.25) is 28.5 Å². The van der Waals surface area contributed by atoms with Crippen LogP contribution >= 0.6 is 0 Å². The van der Waals surface area contributed by atoms with Crippen molar-refractivity contribution < 1.29 is 92.3 Å². The Morgan fingerprint density at radius 2 is 1.53 bits per heavy atom. The molecule has 4 fully saturated rings. The molecule has 2 aliphatic heterocycles. The maximum absolute atomic E-state index is 15.5. The van der Waals surface area contributed by atoms with Crippen LogP contribution in [0.25, 0.3) is 17.1 Å². The quantitative estimate of drug-likeness (QED) is 0.0306. The molecule has 97 heavy (non-hydrogen) atoms. The second-order valence-electron chi connectivity index (χ2n) is 27.4. The van der Waals surface area contributed by atoms with Crippen LogP contribution in [0.4, 0.5) is 10.6 Å². The van der Waals surface area contributed by atoms with Gasteiger partial charge in [0, 0.05) is 70.4 Å². The molecule has 2 bridgehead atoms. The van der Waals surface area contributed by atoms with Gasteiger partial charge in [0.1, 0.15) is 59.0 Å². The third-order valence-electron chi connectivity index (χ3n) is 19.5. The molecule has 0 radical (unpaired) electrons. The minimum absolute atomic E-state index is 0.0204. The number of aromatic nitrogens is 4. The Labute approximate surface area is 560 Å². The molecule has 0 spiro atoms. The summed E-state index contributed by atoms with van der Waals surface area (Å²) in [6.45, 7) is 18.3. The largest absolute Gasteiger partial charge is 0.508 e. The molecule has 11 atom stereocenters. The van der Waals surface area contributed by atoms with Crippen molar-refractivity contribution in [3.05, 3.63) is 125 Å². The van der Waals surface area contributed by atoms with Crippen molar-refractivity contribution in [3.63, 3.8) is 0 Å². The van der Waals surface area contributed by atoms with Gasteiger partial charge in [0.15, 0.2) is 17.2 Å². The summed E-state index contributed by atoms with van der Waals surface area (Å²) >= 11 is 0.